The average Bonchev–Trinajstić information content (AvgIpc) is 4.36. The molecule has 0 saturated carbocycles. The second-order valence-corrected chi connectivity index (χ2v) is 22.7. The van der Waals surface area contributed by atoms with Crippen molar-refractivity contribution in [3.8, 4) is 34.3 Å². The zero-order chi connectivity index (χ0) is 53.6. The first-order valence-electron chi connectivity index (χ1n) is 25.3. The molecule has 4 N–H and O–H groups in total. The zero-order valence-corrected chi connectivity index (χ0v) is 45.6. The van der Waals surface area contributed by atoms with Crippen LogP contribution in [0.2, 0.25) is 0 Å². The van der Waals surface area contributed by atoms with Crippen LogP contribution in [-0.4, -0.2) is 132 Å². The number of hydrogen-bond donors (Lipinski definition) is 4. The van der Waals surface area contributed by atoms with Crippen LogP contribution in [0.3, 0.4) is 0 Å². The van der Waals surface area contributed by atoms with Gasteiger partial charge >= 0.3 is 12.1 Å². The van der Waals surface area contributed by atoms with Crippen molar-refractivity contribution in [1.82, 2.24) is 53.8 Å². The van der Waals surface area contributed by atoms with Crippen LogP contribution in [-0.2, 0) is 11.0 Å². The number of amides is 4. The molecule has 1 atom stereocenters. The van der Waals surface area contributed by atoms with Gasteiger partial charge < -0.3 is 34.1 Å². The fraction of sp³-hybridized carbons (Fsp3) is 0.333. The van der Waals surface area contributed by atoms with E-state index in [1.54, 1.807) is 12.1 Å². The third-order valence-electron chi connectivity index (χ3n) is 13.5. The van der Waals surface area contributed by atoms with Gasteiger partial charge in [0.25, 0.3) is 0 Å². The van der Waals surface area contributed by atoms with Crippen molar-refractivity contribution >= 4 is 88.4 Å². The second kappa shape index (κ2) is 20.9. The summed E-state index contributed by atoms with van der Waals surface area (Å²) in [6, 6.07) is 25.7. The van der Waals surface area contributed by atoms with E-state index in [2.05, 4.69) is 72.0 Å². The molecule has 8 aromatic heterocycles. The number of likely N-dealkylation sites (N-methyl/N-ethyl adjacent to an activating group) is 1. The minimum Gasteiger partial charge on any atom is -0.476 e. The highest BCUT2D eigenvalue weighted by atomic mass is 32.1. The Hall–Kier alpha value is -7.96. The van der Waals surface area contributed by atoms with Crippen molar-refractivity contribution in [2.45, 2.75) is 58.5 Å². The van der Waals surface area contributed by atoms with Crippen LogP contribution in [0.25, 0.3) is 53.1 Å². The average molecular weight is 1080 g/mol. The number of benzene rings is 2. The molecular weight excluding hydrogens is 1020 g/mol. The monoisotopic (exact) mass is 1080 g/mol. The van der Waals surface area contributed by atoms with Gasteiger partial charge in [-0.25, -0.2) is 29.5 Å². The zero-order valence-electron chi connectivity index (χ0n) is 44.0. The highest BCUT2D eigenvalue weighted by Gasteiger charge is 2.39. The van der Waals surface area contributed by atoms with Gasteiger partial charge in [-0.05, 0) is 71.3 Å². The number of rotatable bonds is 16. The third-order valence-corrected chi connectivity index (χ3v) is 15.4. The molecule has 9 heterocycles. The number of fused-ring (bicyclic) bond motifs is 6. The summed E-state index contributed by atoms with van der Waals surface area (Å²) in [6.07, 6.45) is 3.99. The minimum atomic E-state index is -0.492. The van der Waals surface area contributed by atoms with Crippen LogP contribution < -0.4 is 30.7 Å². The van der Waals surface area contributed by atoms with Gasteiger partial charge in [-0.3, -0.25) is 29.2 Å². The van der Waals surface area contributed by atoms with E-state index < -0.39 is 17.6 Å². The molecule has 0 unspecified atom stereocenters. The summed E-state index contributed by atoms with van der Waals surface area (Å²) in [5.74, 6) is 3.18. The Morgan fingerprint density at radius 1 is 0.662 bits per heavy atom. The third kappa shape index (κ3) is 11.2. The summed E-state index contributed by atoms with van der Waals surface area (Å²) in [4.78, 5) is 55.2. The summed E-state index contributed by atoms with van der Waals surface area (Å²) >= 11 is 3.01. The lowest BCUT2D eigenvalue weighted by atomic mass is 9.93. The molecule has 1 aliphatic rings. The SMILES string of the molecule is C[C@@H]1CN(CCOc2ccc3c(n2)sc2nc(-c4ccc(NC(=O)Nc5cc(C(C)(C)C)on5)cc4)cn23)CCN1C(C)(C)c1cc(NC(=O)Nc2ccc(-c3cn4c(n3)sc3nc(OCCN(C)C)ccc34)cc2)no1. The fourth-order valence-electron chi connectivity index (χ4n) is 9.31. The van der Waals surface area contributed by atoms with Gasteiger partial charge in [-0.2, -0.15) is 0 Å². The lowest BCUT2D eigenvalue weighted by molar-refractivity contribution is -0.00855. The molecule has 398 valence electrons. The van der Waals surface area contributed by atoms with Crippen molar-refractivity contribution in [3.05, 3.63) is 109 Å². The Morgan fingerprint density at radius 3 is 1.66 bits per heavy atom. The molecule has 10 aromatic rings. The Morgan fingerprint density at radius 2 is 1.17 bits per heavy atom. The molecule has 21 nitrogen and oxygen atoms in total. The van der Waals surface area contributed by atoms with Gasteiger partial charge in [0, 0.05) is 103 Å². The van der Waals surface area contributed by atoms with Gasteiger partial charge in [-0.15, -0.1) is 0 Å². The smallest absolute Gasteiger partial charge is 0.324 e. The second-order valence-electron chi connectivity index (χ2n) is 20.8. The van der Waals surface area contributed by atoms with E-state index in [-0.39, 0.29) is 11.5 Å². The van der Waals surface area contributed by atoms with E-state index in [1.807, 2.05) is 129 Å². The number of pyridine rings is 2. The number of ether oxygens (including phenoxy) is 2. The number of hydrogen-bond acceptors (Lipinski definition) is 17. The lowest BCUT2D eigenvalue weighted by Gasteiger charge is -2.47. The van der Waals surface area contributed by atoms with Crippen LogP contribution >= 0.6 is 22.7 Å². The van der Waals surface area contributed by atoms with Crippen LogP contribution in [0.15, 0.2) is 106 Å². The molecule has 2 aromatic carbocycles. The van der Waals surface area contributed by atoms with Crippen molar-refractivity contribution in [2.75, 3.05) is 81.3 Å². The van der Waals surface area contributed by atoms with Crippen molar-refractivity contribution in [3.63, 3.8) is 0 Å². The van der Waals surface area contributed by atoms with Gasteiger partial charge in [-0.1, -0.05) is 78.0 Å². The summed E-state index contributed by atoms with van der Waals surface area (Å²) in [7, 11) is 4.02. The van der Waals surface area contributed by atoms with E-state index >= 15 is 0 Å². The molecule has 1 saturated heterocycles. The molecule has 77 heavy (non-hydrogen) atoms. The molecule has 4 amide bonds. The Bertz CT molecular complexity index is 3740. The number of anilines is 4. The number of nitrogens with zero attached hydrogens (tertiary/aromatic N) is 11. The number of carbonyl (C=O) groups excluding carboxylic acids is 2. The first-order chi connectivity index (χ1) is 37.0. The normalized spacial score (nSPS) is 14.8. The van der Waals surface area contributed by atoms with Crippen LogP contribution in [0.5, 0.6) is 11.8 Å². The summed E-state index contributed by atoms with van der Waals surface area (Å²) < 4.78 is 27.3. The van der Waals surface area contributed by atoms with Gasteiger partial charge in [0.05, 0.1) is 28.0 Å². The number of urea groups is 2. The molecule has 11 rings (SSSR count). The minimum absolute atomic E-state index is 0.198. The van der Waals surface area contributed by atoms with E-state index in [4.69, 9.17) is 33.5 Å². The number of nitrogens with one attached hydrogen (secondary N) is 4. The van der Waals surface area contributed by atoms with Gasteiger partial charge in [0.2, 0.25) is 11.8 Å². The van der Waals surface area contributed by atoms with Crippen molar-refractivity contribution in [2.24, 2.45) is 0 Å². The molecule has 0 radical (unpaired) electrons. The highest BCUT2D eigenvalue weighted by molar-refractivity contribution is 7.23. The molecule has 0 bridgehead atoms. The van der Waals surface area contributed by atoms with Gasteiger partial charge in [0.15, 0.2) is 27.3 Å². The van der Waals surface area contributed by atoms with E-state index in [1.165, 1.54) is 22.7 Å². The number of piperazine rings is 1. The number of imidazole rings is 2. The highest BCUT2D eigenvalue weighted by Crippen LogP contribution is 2.35. The molecule has 0 spiro atoms. The number of thiazole rings is 2. The van der Waals surface area contributed by atoms with Gasteiger partial charge in [0.1, 0.15) is 28.6 Å². The Labute approximate surface area is 451 Å². The number of carbonyl (C=O) groups is 2. The quantitative estimate of drug-likeness (QED) is 0.0707. The summed E-state index contributed by atoms with van der Waals surface area (Å²) in [5, 5.41) is 19.4. The molecule has 23 heteroatoms. The molecule has 1 fully saturated rings. The van der Waals surface area contributed by atoms with E-state index in [9.17, 15) is 9.59 Å². The van der Waals surface area contributed by atoms with E-state index in [0.717, 1.165) is 85.9 Å². The maximum absolute atomic E-state index is 13.1. The first-order valence-corrected chi connectivity index (χ1v) is 26.9. The lowest BCUT2D eigenvalue weighted by Crippen LogP contribution is -2.58. The van der Waals surface area contributed by atoms with Crippen molar-refractivity contribution < 1.29 is 28.1 Å². The first kappa shape index (κ1) is 51.2. The Balaban J connectivity index is 0.626. The Kier molecular flexibility index (Phi) is 13.9. The predicted molar refractivity (Wildman–Crippen MR) is 300 cm³/mol. The largest absolute Gasteiger partial charge is 0.476 e. The topological polar surface area (TPSA) is 223 Å². The summed E-state index contributed by atoms with van der Waals surface area (Å²) in [5.41, 5.74) is 5.90. The standard InChI is InChI=1S/C54H59N15O6S2/c1-32-29-66(24-26-73-46-20-18-40-48(62-46)77-52-58-38(31-68(40)52)33-9-13-35(14-10-33)55-49(70)59-43-27-41(74-63-43)53(2,3)4)21-22-69(32)54(5,6)42-28-44(64-75-42)60-50(71)56-36-15-11-34(12-16-36)37-30-67-39-17-19-45(72-25-23-65(7)8)61-47(39)76-51(67)57-37/h9-20,27-28,30-32H,21-26,29H2,1-8H3,(H2,55,59,63,70)(H2,56,60,64,71)/t32-/m1/s1. The predicted octanol–water partition coefficient (Wildman–Crippen LogP) is 10.4. The van der Waals surface area contributed by atoms with E-state index in [0.29, 0.717) is 59.5 Å². The number of aromatic nitrogens is 8. The molecule has 0 aliphatic carbocycles. The fourth-order valence-corrected chi connectivity index (χ4v) is 11.3. The maximum Gasteiger partial charge on any atom is 0.324 e. The maximum atomic E-state index is 13.1. The van der Waals surface area contributed by atoms with Crippen LogP contribution in [0, 0.1) is 0 Å². The van der Waals surface area contributed by atoms with Crippen LogP contribution in [0.1, 0.15) is 53.1 Å². The molecular formula is C54H59N15O6S2. The molecule has 1 aliphatic heterocycles. The van der Waals surface area contributed by atoms with Crippen molar-refractivity contribution in [1.29, 1.82) is 0 Å². The summed E-state index contributed by atoms with van der Waals surface area (Å²) in [6.45, 7) is 17.6. The van der Waals surface area contributed by atoms with Crippen LogP contribution in [0.4, 0.5) is 32.6 Å².